The predicted octanol–water partition coefficient (Wildman–Crippen LogP) is 4.66. The van der Waals surface area contributed by atoms with Crippen molar-refractivity contribution in [3.05, 3.63) is 29.8 Å². The van der Waals surface area contributed by atoms with E-state index < -0.39 is 0 Å². The largest absolute Gasteiger partial charge is 0.364 e. The third kappa shape index (κ3) is 6.37. The molecule has 2 aromatic heterocycles. The fourth-order valence-corrected chi connectivity index (χ4v) is 5.45. The van der Waals surface area contributed by atoms with E-state index in [9.17, 15) is 4.79 Å². The van der Waals surface area contributed by atoms with Crippen molar-refractivity contribution in [2.45, 2.75) is 71.9 Å². The van der Waals surface area contributed by atoms with Gasteiger partial charge in [-0.2, -0.15) is 4.52 Å². The lowest BCUT2D eigenvalue weighted by Gasteiger charge is -2.24. The molecule has 4 rings (SSSR count). The first-order valence-corrected chi connectivity index (χ1v) is 13.9. The zero-order valence-corrected chi connectivity index (χ0v) is 23.4. The van der Waals surface area contributed by atoms with E-state index in [1.165, 1.54) is 42.8 Å². The maximum atomic E-state index is 12.6. The Balaban J connectivity index is 1.45. The van der Waals surface area contributed by atoms with Gasteiger partial charge in [0.05, 0.1) is 6.54 Å². The SMILES string of the molecule is CCc1ccc(-c2nc3sc(N(C)CC(=O)NCC[C@@H](C)N4CCCC4)nn3c2NC(C)(C)C)cc1. The van der Waals surface area contributed by atoms with Crippen LogP contribution in [0.4, 0.5) is 10.9 Å². The molecule has 1 amide bonds. The molecule has 1 aliphatic rings. The number of amides is 1. The van der Waals surface area contributed by atoms with Crippen LogP contribution in [-0.4, -0.2) is 70.2 Å². The molecule has 2 N–H and O–H groups in total. The fourth-order valence-electron chi connectivity index (χ4n) is 4.58. The van der Waals surface area contributed by atoms with Crippen LogP contribution in [0.15, 0.2) is 24.3 Å². The Bertz CT molecular complexity index is 1160. The van der Waals surface area contributed by atoms with E-state index in [0.717, 1.165) is 40.0 Å². The predicted molar refractivity (Wildman–Crippen MR) is 150 cm³/mol. The molecule has 1 fully saturated rings. The molecule has 0 bridgehead atoms. The van der Waals surface area contributed by atoms with Crippen molar-refractivity contribution in [1.29, 1.82) is 0 Å². The Morgan fingerprint density at radius 3 is 2.53 bits per heavy atom. The number of aryl methyl sites for hydroxylation is 1. The van der Waals surface area contributed by atoms with E-state index in [1.807, 2.05) is 16.5 Å². The minimum absolute atomic E-state index is 0.0173. The van der Waals surface area contributed by atoms with Crippen molar-refractivity contribution in [1.82, 2.24) is 24.8 Å². The van der Waals surface area contributed by atoms with Gasteiger partial charge in [-0.15, -0.1) is 5.10 Å². The number of benzene rings is 1. The van der Waals surface area contributed by atoms with Gasteiger partial charge in [-0.05, 0) is 72.0 Å². The van der Waals surface area contributed by atoms with Crippen LogP contribution in [0.3, 0.4) is 0 Å². The summed E-state index contributed by atoms with van der Waals surface area (Å²) in [4.78, 5) is 22.8. The molecule has 3 heterocycles. The summed E-state index contributed by atoms with van der Waals surface area (Å²) in [7, 11) is 1.91. The third-order valence-corrected chi connectivity index (χ3v) is 7.70. The minimum Gasteiger partial charge on any atom is -0.364 e. The Labute approximate surface area is 219 Å². The first-order chi connectivity index (χ1) is 17.1. The molecular weight excluding hydrogens is 470 g/mol. The van der Waals surface area contributed by atoms with Crippen LogP contribution in [0, 0.1) is 0 Å². The highest BCUT2D eigenvalue weighted by molar-refractivity contribution is 7.20. The molecule has 9 heteroatoms. The van der Waals surface area contributed by atoms with E-state index in [-0.39, 0.29) is 18.0 Å². The van der Waals surface area contributed by atoms with Gasteiger partial charge in [0.1, 0.15) is 5.69 Å². The summed E-state index contributed by atoms with van der Waals surface area (Å²) in [5, 5.41) is 12.3. The monoisotopic (exact) mass is 511 g/mol. The van der Waals surface area contributed by atoms with E-state index >= 15 is 0 Å². The number of rotatable bonds is 10. The van der Waals surface area contributed by atoms with E-state index in [2.05, 4.69) is 74.4 Å². The molecule has 1 aliphatic heterocycles. The van der Waals surface area contributed by atoms with E-state index in [0.29, 0.717) is 12.6 Å². The minimum atomic E-state index is -0.157. The lowest BCUT2D eigenvalue weighted by molar-refractivity contribution is -0.119. The second-order valence-electron chi connectivity index (χ2n) is 10.9. The maximum absolute atomic E-state index is 12.6. The number of aromatic nitrogens is 3. The molecule has 1 atom stereocenters. The molecule has 36 heavy (non-hydrogen) atoms. The maximum Gasteiger partial charge on any atom is 0.239 e. The highest BCUT2D eigenvalue weighted by atomic mass is 32.1. The van der Waals surface area contributed by atoms with Gasteiger partial charge < -0.3 is 20.4 Å². The number of hydrogen-bond donors (Lipinski definition) is 2. The molecule has 0 aliphatic carbocycles. The van der Waals surface area contributed by atoms with E-state index in [1.54, 1.807) is 0 Å². The summed E-state index contributed by atoms with van der Waals surface area (Å²) in [6.07, 6.45) is 4.56. The lowest BCUT2D eigenvalue weighted by Crippen LogP contribution is -2.38. The normalized spacial score (nSPS) is 15.4. The average molecular weight is 512 g/mol. The van der Waals surface area contributed by atoms with Crippen LogP contribution in [0.25, 0.3) is 16.2 Å². The number of carbonyl (C=O) groups is 1. The van der Waals surface area contributed by atoms with Crippen LogP contribution >= 0.6 is 11.3 Å². The molecule has 0 spiro atoms. The zero-order valence-electron chi connectivity index (χ0n) is 22.6. The van der Waals surface area contributed by atoms with Crippen LogP contribution in [-0.2, 0) is 11.2 Å². The summed E-state index contributed by atoms with van der Waals surface area (Å²) in [6.45, 7) is 14.1. The molecule has 8 nitrogen and oxygen atoms in total. The lowest BCUT2D eigenvalue weighted by atomic mass is 10.1. The summed E-state index contributed by atoms with van der Waals surface area (Å²) in [5.74, 6) is 0.890. The van der Waals surface area contributed by atoms with Gasteiger partial charge in [0, 0.05) is 30.7 Å². The summed E-state index contributed by atoms with van der Waals surface area (Å²) >= 11 is 1.50. The van der Waals surface area contributed by atoms with Gasteiger partial charge in [0.2, 0.25) is 16.0 Å². The number of carbonyl (C=O) groups excluding carboxylic acids is 1. The number of anilines is 2. The molecule has 0 radical (unpaired) electrons. The number of imidazole rings is 1. The Kier molecular flexibility index (Phi) is 8.20. The highest BCUT2D eigenvalue weighted by Crippen LogP contribution is 2.34. The molecule has 0 unspecified atom stereocenters. The van der Waals surface area contributed by atoms with Crippen LogP contribution in [0.5, 0.6) is 0 Å². The van der Waals surface area contributed by atoms with Gasteiger partial charge in [0.25, 0.3) is 0 Å². The van der Waals surface area contributed by atoms with Crippen LogP contribution < -0.4 is 15.5 Å². The quantitative estimate of drug-likeness (QED) is 0.412. The smallest absolute Gasteiger partial charge is 0.239 e. The number of fused-ring (bicyclic) bond motifs is 1. The van der Waals surface area contributed by atoms with Crippen LogP contribution in [0.1, 0.15) is 59.4 Å². The van der Waals surface area contributed by atoms with Gasteiger partial charge in [0.15, 0.2) is 5.82 Å². The van der Waals surface area contributed by atoms with Crippen molar-refractivity contribution in [2.24, 2.45) is 0 Å². The van der Waals surface area contributed by atoms with Gasteiger partial charge >= 0.3 is 0 Å². The van der Waals surface area contributed by atoms with Crippen molar-refractivity contribution in [3.63, 3.8) is 0 Å². The second kappa shape index (κ2) is 11.2. The number of likely N-dealkylation sites (tertiary alicyclic amines) is 1. The molecule has 3 aromatic rings. The molecular formula is C27H41N7OS. The standard InChI is InChI=1S/C27H41N7OS/c1-7-20-10-12-21(13-11-20)23-24(30-27(3,4)5)34-25(29-23)36-26(31-34)32(6)18-22(35)28-15-14-19(2)33-16-8-9-17-33/h10-13,19,30H,7-9,14-18H2,1-6H3,(H,28,35)/t19-/m1/s1. The summed E-state index contributed by atoms with van der Waals surface area (Å²) < 4.78 is 1.88. The first kappa shape index (κ1) is 26.4. The van der Waals surface area contributed by atoms with Gasteiger partial charge in [-0.3, -0.25) is 4.79 Å². The van der Waals surface area contributed by atoms with Crippen molar-refractivity contribution < 1.29 is 4.79 Å². The van der Waals surface area contributed by atoms with Crippen molar-refractivity contribution in [3.8, 4) is 11.3 Å². The fraction of sp³-hybridized carbons (Fsp3) is 0.593. The van der Waals surface area contributed by atoms with Crippen molar-refractivity contribution in [2.75, 3.05) is 43.4 Å². The third-order valence-electron chi connectivity index (χ3n) is 6.68. The van der Waals surface area contributed by atoms with Gasteiger partial charge in [-0.1, -0.05) is 42.5 Å². The van der Waals surface area contributed by atoms with E-state index in [4.69, 9.17) is 10.1 Å². The zero-order chi connectivity index (χ0) is 25.9. The van der Waals surface area contributed by atoms with Crippen LogP contribution in [0.2, 0.25) is 0 Å². The number of hydrogen-bond acceptors (Lipinski definition) is 7. The summed E-state index contributed by atoms with van der Waals surface area (Å²) in [5.41, 5.74) is 3.10. The Hall–Kier alpha value is -2.65. The number of nitrogens with one attached hydrogen (secondary N) is 2. The second-order valence-corrected chi connectivity index (χ2v) is 11.8. The number of nitrogens with zero attached hydrogens (tertiary/aromatic N) is 5. The topological polar surface area (TPSA) is 77.8 Å². The summed E-state index contributed by atoms with van der Waals surface area (Å²) in [6, 6.07) is 9.07. The molecule has 196 valence electrons. The molecule has 0 saturated carbocycles. The Morgan fingerprint density at radius 2 is 1.89 bits per heavy atom. The highest BCUT2D eigenvalue weighted by Gasteiger charge is 2.23. The van der Waals surface area contributed by atoms with Crippen molar-refractivity contribution >= 4 is 33.2 Å². The molecule has 1 saturated heterocycles. The number of likely N-dealkylation sites (N-methyl/N-ethyl adjacent to an activating group) is 1. The first-order valence-electron chi connectivity index (χ1n) is 13.1. The molecule has 1 aromatic carbocycles. The Morgan fingerprint density at radius 1 is 1.19 bits per heavy atom. The average Bonchev–Trinajstić information content (AvgIpc) is 3.56. The van der Waals surface area contributed by atoms with Gasteiger partial charge in [-0.25, -0.2) is 4.98 Å².